The van der Waals surface area contributed by atoms with Crippen molar-refractivity contribution >= 4 is 29.6 Å². The second-order valence-electron chi connectivity index (χ2n) is 7.10. The molecule has 0 saturated carbocycles. The average molecular weight is 415 g/mol. The molecule has 0 aromatic carbocycles. The van der Waals surface area contributed by atoms with E-state index in [1.807, 2.05) is 0 Å². The first kappa shape index (κ1) is 24.3. The summed E-state index contributed by atoms with van der Waals surface area (Å²) in [5.41, 5.74) is 10.7. The molecule has 1 rings (SSSR count). The van der Waals surface area contributed by atoms with Crippen LogP contribution in [0.3, 0.4) is 0 Å². The molecule has 1 aliphatic heterocycles. The molecule has 0 spiro atoms. The zero-order valence-electron chi connectivity index (χ0n) is 16.5. The molecule has 5 atom stereocenters. The summed E-state index contributed by atoms with van der Waals surface area (Å²) in [6.45, 7) is 2.93. The zero-order chi connectivity index (χ0) is 22.3. The quantitative estimate of drug-likeness (QED) is 0.217. The third-order valence-electron chi connectivity index (χ3n) is 4.65. The number of amides is 4. The van der Waals surface area contributed by atoms with Crippen LogP contribution >= 0.6 is 0 Å². The van der Waals surface area contributed by atoms with Gasteiger partial charge >= 0.3 is 5.97 Å². The van der Waals surface area contributed by atoms with Crippen LogP contribution in [-0.2, 0) is 24.0 Å². The average Bonchev–Trinajstić information content (AvgIpc) is 3.12. The summed E-state index contributed by atoms with van der Waals surface area (Å²) >= 11 is 0. The van der Waals surface area contributed by atoms with E-state index in [2.05, 4.69) is 10.6 Å². The van der Waals surface area contributed by atoms with E-state index in [1.165, 1.54) is 18.7 Å². The maximum Gasteiger partial charge on any atom is 0.328 e. The molecule has 12 heteroatoms. The van der Waals surface area contributed by atoms with Crippen molar-refractivity contribution in [2.24, 2.45) is 11.5 Å². The van der Waals surface area contributed by atoms with Crippen LogP contribution in [0.2, 0.25) is 0 Å². The highest BCUT2D eigenvalue weighted by Crippen LogP contribution is 2.19. The van der Waals surface area contributed by atoms with Crippen LogP contribution in [0.25, 0.3) is 0 Å². The first-order valence-corrected chi connectivity index (χ1v) is 9.31. The smallest absolute Gasteiger partial charge is 0.328 e. The van der Waals surface area contributed by atoms with Crippen molar-refractivity contribution in [1.29, 1.82) is 0 Å². The third-order valence-corrected chi connectivity index (χ3v) is 4.65. The van der Waals surface area contributed by atoms with E-state index in [-0.39, 0.29) is 19.4 Å². The number of rotatable bonds is 10. The first-order valence-electron chi connectivity index (χ1n) is 9.31. The number of aliphatic carboxylic acids is 1. The molecular weight excluding hydrogens is 386 g/mol. The highest BCUT2D eigenvalue weighted by Gasteiger charge is 2.38. The van der Waals surface area contributed by atoms with Crippen LogP contribution < -0.4 is 22.1 Å². The molecule has 1 fully saturated rings. The van der Waals surface area contributed by atoms with Gasteiger partial charge < -0.3 is 37.2 Å². The predicted molar refractivity (Wildman–Crippen MR) is 100.0 cm³/mol. The molecule has 164 valence electrons. The lowest BCUT2D eigenvalue weighted by Crippen LogP contribution is -2.57. The Labute approximate surface area is 168 Å². The van der Waals surface area contributed by atoms with Gasteiger partial charge in [-0.1, -0.05) is 0 Å². The van der Waals surface area contributed by atoms with Gasteiger partial charge in [-0.15, -0.1) is 0 Å². The Morgan fingerprint density at radius 3 is 2.31 bits per heavy atom. The van der Waals surface area contributed by atoms with Crippen molar-refractivity contribution in [2.75, 3.05) is 6.54 Å². The SMILES string of the molecule is CC(NC(=O)C(N)CCC(N)=O)C(=O)N1CCCC1C(=O)NC(C(=O)O)C(C)O. The number of aliphatic hydroxyl groups is 1. The number of nitrogens with zero attached hydrogens (tertiary/aromatic N) is 1. The lowest BCUT2D eigenvalue weighted by molar-refractivity contribution is -0.147. The highest BCUT2D eigenvalue weighted by atomic mass is 16.4. The Morgan fingerprint density at radius 2 is 1.79 bits per heavy atom. The van der Waals surface area contributed by atoms with E-state index in [1.54, 1.807) is 0 Å². The molecule has 8 N–H and O–H groups in total. The van der Waals surface area contributed by atoms with Crippen LogP contribution in [0, 0.1) is 0 Å². The Balaban J connectivity index is 2.71. The Morgan fingerprint density at radius 1 is 1.17 bits per heavy atom. The normalized spacial score (nSPS) is 20.3. The fraction of sp³-hybridized carbons (Fsp3) is 0.706. The van der Waals surface area contributed by atoms with Crippen LogP contribution in [0.4, 0.5) is 0 Å². The summed E-state index contributed by atoms with van der Waals surface area (Å²) in [5.74, 6) is -3.84. The highest BCUT2D eigenvalue weighted by molar-refractivity contribution is 5.94. The van der Waals surface area contributed by atoms with Gasteiger partial charge in [0.15, 0.2) is 6.04 Å². The van der Waals surface area contributed by atoms with Crippen LogP contribution in [0.1, 0.15) is 39.5 Å². The number of hydrogen-bond donors (Lipinski definition) is 6. The second kappa shape index (κ2) is 10.7. The fourth-order valence-electron chi connectivity index (χ4n) is 3.00. The van der Waals surface area contributed by atoms with E-state index < -0.39 is 59.9 Å². The number of hydrogen-bond acceptors (Lipinski definition) is 7. The number of aliphatic hydroxyl groups excluding tert-OH is 1. The van der Waals surface area contributed by atoms with Gasteiger partial charge in [0.25, 0.3) is 0 Å². The molecule has 4 amide bonds. The Bertz CT molecular complexity index is 654. The van der Waals surface area contributed by atoms with E-state index in [4.69, 9.17) is 16.6 Å². The summed E-state index contributed by atoms with van der Waals surface area (Å²) in [7, 11) is 0. The summed E-state index contributed by atoms with van der Waals surface area (Å²) in [6.07, 6.45) is -0.508. The largest absolute Gasteiger partial charge is 0.480 e. The van der Waals surface area contributed by atoms with Gasteiger partial charge in [0.05, 0.1) is 12.1 Å². The summed E-state index contributed by atoms with van der Waals surface area (Å²) in [5, 5.41) is 23.3. The molecular formula is C17H29N5O7. The number of carboxylic acid groups (broad SMARTS) is 1. The topological polar surface area (TPSA) is 205 Å². The minimum atomic E-state index is -1.50. The molecule has 5 unspecified atom stereocenters. The molecule has 1 heterocycles. The maximum absolute atomic E-state index is 12.7. The number of nitrogens with two attached hydrogens (primary N) is 2. The predicted octanol–water partition coefficient (Wildman–Crippen LogP) is -2.97. The Kier molecular flexibility index (Phi) is 8.98. The van der Waals surface area contributed by atoms with Crippen molar-refractivity contribution in [1.82, 2.24) is 15.5 Å². The second-order valence-corrected chi connectivity index (χ2v) is 7.10. The third kappa shape index (κ3) is 6.98. The number of carbonyl (C=O) groups excluding carboxylic acids is 4. The first-order chi connectivity index (χ1) is 13.5. The lowest BCUT2D eigenvalue weighted by atomic mass is 10.1. The van der Waals surface area contributed by atoms with E-state index in [9.17, 15) is 29.1 Å². The fourth-order valence-corrected chi connectivity index (χ4v) is 3.00. The van der Waals surface area contributed by atoms with Crippen molar-refractivity contribution in [2.45, 2.75) is 69.8 Å². The van der Waals surface area contributed by atoms with Crippen LogP contribution in [0.5, 0.6) is 0 Å². The molecule has 0 aliphatic carbocycles. The van der Waals surface area contributed by atoms with Gasteiger partial charge in [-0.3, -0.25) is 19.2 Å². The minimum absolute atomic E-state index is 0.0345. The van der Waals surface area contributed by atoms with Gasteiger partial charge in [-0.25, -0.2) is 4.79 Å². The Hall–Kier alpha value is -2.73. The summed E-state index contributed by atoms with van der Waals surface area (Å²) in [6, 6.07) is -4.41. The zero-order valence-corrected chi connectivity index (χ0v) is 16.5. The standard InChI is InChI=1S/C17H29N5O7/c1-8(20-14(25)10(18)5-6-12(19)24)16(27)22-7-3-4-11(22)15(26)21-13(9(2)23)17(28)29/h8-11,13,23H,3-7,18H2,1-2H3,(H2,19,24)(H,20,25)(H,21,26)(H,28,29). The number of carboxylic acids is 1. The molecule has 0 bridgehead atoms. The van der Waals surface area contributed by atoms with E-state index in [0.29, 0.717) is 12.8 Å². The molecule has 1 saturated heterocycles. The minimum Gasteiger partial charge on any atom is -0.480 e. The van der Waals surface area contributed by atoms with Gasteiger partial charge in [0.1, 0.15) is 12.1 Å². The molecule has 0 radical (unpaired) electrons. The number of primary amides is 1. The van der Waals surface area contributed by atoms with Crippen LogP contribution in [-0.4, -0.2) is 81.5 Å². The van der Waals surface area contributed by atoms with Crippen molar-refractivity contribution in [3.8, 4) is 0 Å². The van der Waals surface area contributed by atoms with Gasteiger partial charge in [-0.2, -0.15) is 0 Å². The van der Waals surface area contributed by atoms with E-state index >= 15 is 0 Å². The number of carbonyl (C=O) groups is 5. The molecule has 0 aromatic heterocycles. The monoisotopic (exact) mass is 415 g/mol. The van der Waals surface area contributed by atoms with Gasteiger partial charge in [-0.05, 0) is 33.1 Å². The lowest BCUT2D eigenvalue weighted by Gasteiger charge is -2.29. The maximum atomic E-state index is 12.7. The van der Waals surface area contributed by atoms with Gasteiger partial charge in [0, 0.05) is 13.0 Å². The molecule has 0 aromatic rings. The number of likely N-dealkylation sites (tertiary alicyclic amines) is 1. The number of nitrogens with one attached hydrogen (secondary N) is 2. The van der Waals surface area contributed by atoms with Crippen molar-refractivity contribution in [3.63, 3.8) is 0 Å². The molecule has 29 heavy (non-hydrogen) atoms. The van der Waals surface area contributed by atoms with Crippen LogP contribution in [0.15, 0.2) is 0 Å². The molecule has 12 nitrogen and oxygen atoms in total. The van der Waals surface area contributed by atoms with Crippen molar-refractivity contribution < 1.29 is 34.2 Å². The molecule has 1 aliphatic rings. The summed E-state index contributed by atoms with van der Waals surface area (Å²) < 4.78 is 0. The van der Waals surface area contributed by atoms with Gasteiger partial charge in [0.2, 0.25) is 23.6 Å². The van der Waals surface area contributed by atoms with Crippen molar-refractivity contribution in [3.05, 3.63) is 0 Å². The summed E-state index contributed by atoms with van der Waals surface area (Å²) in [4.78, 5) is 60.4. The van der Waals surface area contributed by atoms with E-state index in [0.717, 1.165) is 0 Å².